The van der Waals surface area contributed by atoms with Gasteiger partial charge in [0.2, 0.25) is 5.91 Å². The number of H-pyrrole nitrogens is 1. The maximum Gasteiger partial charge on any atom is 0.223 e. The van der Waals surface area contributed by atoms with Crippen LogP contribution in [0.4, 0.5) is 0 Å². The highest BCUT2D eigenvalue weighted by Crippen LogP contribution is 2.35. The van der Waals surface area contributed by atoms with E-state index in [0.29, 0.717) is 41.1 Å². The Kier molecular flexibility index (Phi) is 9.64. The second-order valence-corrected chi connectivity index (χ2v) is 13.3. The summed E-state index contributed by atoms with van der Waals surface area (Å²) in [5, 5.41) is 10.0. The number of nitrogens with one attached hydrogen (secondary N) is 1. The lowest BCUT2D eigenvalue weighted by Gasteiger charge is -2.33. The minimum atomic E-state index is -0.437. The molecule has 1 fully saturated rings. The van der Waals surface area contributed by atoms with E-state index in [1.165, 1.54) is 0 Å². The number of aldehydes is 1. The average molecular weight is 592 g/mol. The molecule has 3 aromatic rings. The molecule has 4 rings (SSSR count). The second kappa shape index (κ2) is 12.6. The van der Waals surface area contributed by atoms with Gasteiger partial charge in [-0.25, -0.2) is 0 Å². The Balaban J connectivity index is 1.44. The molecule has 210 valence electrons. The van der Waals surface area contributed by atoms with Gasteiger partial charge >= 0.3 is 0 Å². The van der Waals surface area contributed by atoms with Gasteiger partial charge in [0.1, 0.15) is 6.29 Å². The van der Waals surface area contributed by atoms with E-state index in [2.05, 4.69) is 42.9 Å². The van der Waals surface area contributed by atoms with Crippen molar-refractivity contribution in [1.29, 1.82) is 0 Å². The van der Waals surface area contributed by atoms with E-state index in [1.807, 2.05) is 23.1 Å². The zero-order valence-corrected chi connectivity index (χ0v) is 25.3. The van der Waals surface area contributed by atoms with E-state index in [0.717, 1.165) is 53.3 Å². The molecule has 1 N–H and O–H groups in total. The number of likely N-dealkylation sites (tertiary alicyclic amines) is 1. The number of amides is 1. The lowest BCUT2D eigenvalue weighted by molar-refractivity contribution is -0.134. The molecule has 0 bridgehead atoms. The molecule has 1 amide bonds. The lowest BCUT2D eigenvalue weighted by Crippen LogP contribution is -2.39. The highest BCUT2D eigenvalue weighted by Gasteiger charge is 2.27. The molecule has 2 heterocycles. The molecule has 1 saturated heterocycles. The highest BCUT2D eigenvalue weighted by molar-refractivity contribution is 6.35. The maximum absolute atomic E-state index is 13.2. The van der Waals surface area contributed by atoms with Gasteiger partial charge in [-0.3, -0.25) is 9.89 Å². The number of nitrogens with zero attached hydrogens (tertiary/aromatic N) is 3. The largest absolute Gasteiger partial charge is 0.343 e. The van der Waals surface area contributed by atoms with E-state index >= 15 is 0 Å². The van der Waals surface area contributed by atoms with Crippen molar-refractivity contribution < 1.29 is 9.59 Å². The Hall–Kier alpha value is -2.12. The molecule has 0 aliphatic carbocycles. The Morgan fingerprint density at radius 1 is 1.18 bits per heavy atom. The quantitative estimate of drug-likeness (QED) is 0.268. The molecule has 1 atom stereocenters. The van der Waals surface area contributed by atoms with Crippen LogP contribution < -0.4 is 0 Å². The predicted octanol–water partition coefficient (Wildman–Crippen LogP) is 7.15. The minimum absolute atomic E-state index is 0.00893. The number of carbonyl (C=O) groups is 2. The number of hydrogen-bond acceptors (Lipinski definition) is 4. The van der Waals surface area contributed by atoms with Gasteiger partial charge in [0.05, 0.1) is 16.7 Å². The number of hydrogen-bond donors (Lipinski definition) is 1. The summed E-state index contributed by atoms with van der Waals surface area (Å²) in [5.41, 5.74) is 4.09. The fraction of sp³-hybridized carbons (Fsp3) is 0.500. The van der Waals surface area contributed by atoms with Gasteiger partial charge in [-0.15, -0.1) is 0 Å². The molecule has 1 aromatic heterocycles. The molecule has 0 spiro atoms. The van der Waals surface area contributed by atoms with Gasteiger partial charge in [0, 0.05) is 53.9 Å². The lowest BCUT2D eigenvalue weighted by atomic mass is 9.88. The van der Waals surface area contributed by atoms with Crippen molar-refractivity contribution in [2.45, 2.75) is 58.9 Å². The van der Waals surface area contributed by atoms with Crippen LogP contribution in [0.5, 0.6) is 0 Å². The first-order valence-corrected chi connectivity index (χ1v) is 14.6. The molecule has 1 aliphatic rings. The van der Waals surface area contributed by atoms with Gasteiger partial charge in [-0.2, -0.15) is 5.10 Å². The first-order chi connectivity index (χ1) is 18.4. The molecular weight excluding hydrogens is 555 g/mol. The third kappa shape index (κ3) is 7.55. The number of aromatic nitrogens is 2. The van der Waals surface area contributed by atoms with Crippen LogP contribution in [-0.4, -0.2) is 58.9 Å². The van der Waals surface area contributed by atoms with Gasteiger partial charge in [0.15, 0.2) is 0 Å². The molecule has 0 saturated carbocycles. The summed E-state index contributed by atoms with van der Waals surface area (Å²) in [4.78, 5) is 29.6. The van der Waals surface area contributed by atoms with E-state index < -0.39 is 5.92 Å². The van der Waals surface area contributed by atoms with E-state index in [4.69, 9.17) is 34.8 Å². The van der Waals surface area contributed by atoms with Crippen LogP contribution in [0.2, 0.25) is 15.1 Å². The van der Waals surface area contributed by atoms with Crippen LogP contribution in [0.3, 0.4) is 0 Å². The smallest absolute Gasteiger partial charge is 0.223 e. The summed E-state index contributed by atoms with van der Waals surface area (Å²) in [6.45, 7) is 9.51. The van der Waals surface area contributed by atoms with Crippen molar-refractivity contribution >= 4 is 57.9 Å². The van der Waals surface area contributed by atoms with Crippen molar-refractivity contribution in [1.82, 2.24) is 20.0 Å². The minimum Gasteiger partial charge on any atom is -0.343 e. The number of halogens is 3. The molecule has 1 aliphatic heterocycles. The van der Waals surface area contributed by atoms with Crippen LogP contribution >= 0.6 is 34.8 Å². The summed E-state index contributed by atoms with van der Waals surface area (Å²) in [6.07, 6.45) is 4.99. The number of piperidine rings is 1. The SMILES string of the molecule is CN(Cc1c(C[C@H](C=O)CC(=O)N2CCC(c3ccc(Cl)cc3Cl)CC2)cc(Cl)c2[nH]ncc12)CC(C)(C)C. The summed E-state index contributed by atoms with van der Waals surface area (Å²) in [7, 11) is 2.09. The van der Waals surface area contributed by atoms with Crippen molar-refractivity contribution in [3.05, 3.63) is 62.2 Å². The van der Waals surface area contributed by atoms with Crippen LogP contribution in [0.1, 0.15) is 62.6 Å². The monoisotopic (exact) mass is 590 g/mol. The first-order valence-electron chi connectivity index (χ1n) is 13.4. The predicted molar refractivity (Wildman–Crippen MR) is 160 cm³/mol. The third-order valence-electron chi connectivity index (χ3n) is 7.43. The van der Waals surface area contributed by atoms with Crippen molar-refractivity contribution in [2.75, 3.05) is 26.7 Å². The number of benzene rings is 2. The third-order valence-corrected chi connectivity index (χ3v) is 8.29. The molecule has 9 heteroatoms. The van der Waals surface area contributed by atoms with Gasteiger partial charge < -0.3 is 14.6 Å². The zero-order valence-electron chi connectivity index (χ0n) is 23.1. The van der Waals surface area contributed by atoms with Gasteiger partial charge in [-0.05, 0) is 72.5 Å². The normalized spacial score (nSPS) is 15.7. The molecule has 6 nitrogen and oxygen atoms in total. The van der Waals surface area contributed by atoms with Crippen molar-refractivity contribution in [3.8, 4) is 0 Å². The Labute approximate surface area is 246 Å². The number of carbonyl (C=O) groups excluding carboxylic acids is 2. The van der Waals surface area contributed by atoms with E-state index in [-0.39, 0.29) is 23.7 Å². The average Bonchev–Trinajstić information content (AvgIpc) is 3.36. The van der Waals surface area contributed by atoms with Crippen molar-refractivity contribution in [2.24, 2.45) is 11.3 Å². The molecule has 0 radical (unpaired) electrons. The van der Waals surface area contributed by atoms with Gasteiger partial charge in [-0.1, -0.05) is 61.6 Å². The fourth-order valence-corrected chi connectivity index (χ4v) is 6.60. The Morgan fingerprint density at radius 3 is 2.54 bits per heavy atom. The molecule has 2 aromatic carbocycles. The first kappa shape index (κ1) is 29.9. The Bertz CT molecular complexity index is 1330. The molecule has 0 unspecified atom stereocenters. The van der Waals surface area contributed by atoms with Crippen LogP contribution in [0.25, 0.3) is 10.9 Å². The summed E-state index contributed by atoms with van der Waals surface area (Å²) in [6, 6.07) is 7.53. The summed E-state index contributed by atoms with van der Waals surface area (Å²) >= 11 is 19.1. The molecule has 39 heavy (non-hydrogen) atoms. The number of fused-ring (bicyclic) bond motifs is 1. The van der Waals surface area contributed by atoms with Gasteiger partial charge in [0.25, 0.3) is 0 Å². The topological polar surface area (TPSA) is 69.3 Å². The number of aromatic amines is 1. The van der Waals surface area contributed by atoms with Crippen LogP contribution in [0.15, 0.2) is 30.5 Å². The highest BCUT2D eigenvalue weighted by atomic mass is 35.5. The summed E-state index contributed by atoms with van der Waals surface area (Å²) < 4.78 is 0. The molecular formula is C30H37Cl3N4O2. The Morgan fingerprint density at radius 2 is 1.90 bits per heavy atom. The van der Waals surface area contributed by atoms with E-state index in [9.17, 15) is 9.59 Å². The van der Waals surface area contributed by atoms with Crippen LogP contribution in [0, 0.1) is 11.3 Å². The van der Waals surface area contributed by atoms with E-state index in [1.54, 1.807) is 12.3 Å². The maximum atomic E-state index is 13.2. The number of rotatable bonds is 9. The second-order valence-electron chi connectivity index (χ2n) is 12.0. The summed E-state index contributed by atoms with van der Waals surface area (Å²) in [5.74, 6) is -0.139. The van der Waals surface area contributed by atoms with Crippen LogP contribution in [-0.2, 0) is 22.6 Å². The zero-order chi connectivity index (χ0) is 28.3. The van der Waals surface area contributed by atoms with Crippen molar-refractivity contribution in [3.63, 3.8) is 0 Å². The fourth-order valence-electron chi connectivity index (χ4n) is 5.76. The standard InChI is InChI=1S/C30H37Cl3N4O2/c1-30(2,3)18-36(4)16-25-21(13-27(33)29-24(25)15-34-35-29)11-19(17-38)12-28(39)37-9-7-20(8-10-37)23-6-5-22(31)14-26(23)32/h5-6,13-15,17,19-20H,7-12,16,18H2,1-4H3,(H,34,35)/t19-/m0/s1.